The van der Waals surface area contributed by atoms with Crippen LogP contribution in [0.4, 0.5) is 4.79 Å². The molecule has 0 unspecified atom stereocenters. The van der Waals surface area contributed by atoms with Gasteiger partial charge in [0.25, 0.3) is 0 Å². The Labute approximate surface area is 150 Å². The Morgan fingerprint density at radius 3 is 2.64 bits per heavy atom. The van der Waals surface area contributed by atoms with Gasteiger partial charge in [-0.1, -0.05) is 30.3 Å². The van der Waals surface area contributed by atoms with Crippen LogP contribution in [0.25, 0.3) is 0 Å². The first kappa shape index (κ1) is 16.9. The van der Waals surface area contributed by atoms with E-state index in [2.05, 4.69) is 40.5 Å². The van der Waals surface area contributed by atoms with Crippen LogP contribution in [-0.2, 0) is 11.2 Å². The van der Waals surface area contributed by atoms with Crippen LogP contribution in [0.1, 0.15) is 31.2 Å². The number of piperidine rings is 1. The van der Waals surface area contributed by atoms with E-state index >= 15 is 0 Å². The summed E-state index contributed by atoms with van der Waals surface area (Å²) in [5.41, 5.74) is 1.28. The van der Waals surface area contributed by atoms with E-state index in [4.69, 9.17) is 4.74 Å². The van der Waals surface area contributed by atoms with Crippen LogP contribution >= 0.6 is 0 Å². The van der Waals surface area contributed by atoms with Gasteiger partial charge in [-0.25, -0.2) is 4.79 Å². The summed E-state index contributed by atoms with van der Waals surface area (Å²) in [5.74, 6) is 0. The minimum absolute atomic E-state index is 0.108. The van der Waals surface area contributed by atoms with Crippen LogP contribution < -0.4 is 5.32 Å². The molecule has 1 aliphatic carbocycles. The van der Waals surface area contributed by atoms with Crippen LogP contribution in [0.2, 0.25) is 0 Å². The Hall–Kier alpha value is -1.59. The van der Waals surface area contributed by atoms with Crippen molar-refractivity contribution >= 4 is 6.03 Å². The number of ether oxygens (including phenoxy) is 1. The average molecular weight is 343 g/mol. The zero-order chi connectivity index (χ0) is 17.1. The number of amides is 2. The molecule has 0 radical (unpaired) electrons. The Bertz CT molecular complexity index is 580. The van der Waals surface area contributed by atoms with Gasteiger partial charge in [0.1, 0.15) is 0 Å². The van der Waals surface area contributed by atoms with Crippen molar-refractivity contribution in [3.05, 3.63) is 35.9 Å². The van der Waals surface area contributed by atoms with Crippen LogP contribution in [0.5, 0.6) is 0 Å². The number of nitrogens with zero attached hydrogens (tertiary/aromatic N) is 2. The molecule has 4 rings (SSSR count). The molecule has 136 valence electrons. The predicted molar refractivity (Wildman–Crippen MR) is 97.6 cm³/mol. The number of rotatable bonds is 4. The van der Waals surface area contributed by atoms with Gasteiger partial charge in [0.15, 0.2) is 0 Å². The smallest absolute Gasteiger partial charge is 0.317 e. The SMILES string of the molecule is O=C(NC1CC1)N1CCOC2(CCN(CCc3ccccc3)CC2)C1. The van der Waals surface area contributed by atoms with Crippen molar-refractivity contribution < 1.29 is 9.53 Å². The molecule has 0 atom stereocenters. The van der Waals surface area contributed by atoms with Crippen LogP contribution in [0, 0.1) is 0 Å². The average Bonchev–Trinajstić information content (AvgIpc) is 3.46. The Morgan fingerprint density at radius 2 is 1.92 bits per heavy atom. The third kappa shape index (κ3) is 4.33. The molecule has 1 saturated carbocycles. The molecular formula is C20H29N3O2. The molecule has 2 heterocycles. The highest BCUT2D eigenvalue weighted by Crippen LogP contribution is 2.30. The van der Waals surface area contributed by atoms with Crippen molar-refractivity contribution in [3.8, 4) is 0 Å². The van der Waals surface area contributed by atoms with Crippen molar-refractivity contribution in [2.45, 2.75) is 43.7 Å². The molecule has 1 spiro atoms. The van der Waals surface area contributed by atoms with Crippen molar-refractivity contribution in [2.75, 3.05) is 39.3 Å². The number of likely N-dealkylation sites (tertiary alicyclic amines) is 1. The van der Waals surface area contributed by atoms with Crippen LogP contribution in [0.15, 0.2) is 30.3 Å². The highest BCUT2D eigenvalue weighted by Gasteiger charge is 2.41. The number of carbonyl (C=O) groups excluding carboxylic acids is 1. The van der Waals surface area contributed by atoms with Gasteiger partial charge in [0.05, 0.1) is 18.8 Å². The van der Waals surface area contributed by atoms with E-state index in [0.717, 1.165) is 64.8 Å². The van der Waals surface area contributed by atoms with E-state index in [9.17, 15) is 4.79 Å². The summed E-state index contributed by atoms with van der Waals surface area (Å²) in [6.45, 7) is 5.36. The monoisotopic (exact) mass is 343 g/mol. The van der Waals surface area contributed by atoms with Gasteiger partial charge in [0.2, 0.25) is 0 Å². The van der Waals surface area contributed by atoms with Gasteiger partial charge >= 0.3 is 6.03 Å². The molecule has 2 amide bonds. The normalized spacial score (nSPS) is 23.6. The van der Waals surface area contributed by atoms with Crippen LogP contribution in [-0.4, -0.2) is 66.8 Å². The molecular weight excluding hydrogens is 314 g/mol. The van der Waals surface area contributed by atoms with Crippen molar-refractivity contribution in [1.82, 2.24) is 15.1 Å². The lowest BCUT2D eigenvalue weighted by Crippen LogP contribution is -2.59. The second-order valence-electron chi connectivity index (χ2n) is 7.75. The second kappa shape index (κ2) is 7.34. The Morgan fingerprint density at radius 1 is 1.16 bits per heavy atom. The van der Waals surface area contributed by atoms with Gasteiger partial charge in [-0.05, 0) is 37.7 Å². The highest BCUT2D eigenvalue weighted by molar-refractivity contribution is 5.75. The minimum Gasteiger partial charge on any atom is -0.371 e. The summed E-state index contributed by atoms with van der Waals surface area (Å²) < 4.78 is 6.17. The van der Waals surface area contributed by atoms with Crippen LogP contribution in [0.3, 0.4) is 0 Å². The third-order valence-electron chi connectivity index (χ3n) is 5.77. The van der Waals surface area contributed by atoms with E-state index in [0.29, 0.717) is 12.6 Å². The zero-order valence-corrected chi connectivity index (χ0v) is 15.0. The van der Waals surface area contributed by atoms with Crippen molar-refractivity contribution in [2.24, 2.45) is 0 Å². The standard InChI is InChI=1S/C20H29N3O2/c24-19(21-18-6-7-18)23-14-15-25-20(16-23)9-12-22(13-10-20)11-8-17-4-2-1-3-5-17/h1-5,18H,6-16H2,(H,21,24). The summed E-state index contributed by atoms with van der Waals surface area (Å²) in [6.07, 6.45) is 5.42. The molecule has 5 heteroatoms. The highest BCUT2D eigenvalue weighted by atomic mass is 16.5. The largest absolute Gasteiger partial charge is 0.371 e. The van der Waals surface area contributed by atoms with E-state index < -0.39 is 0 Å². The maximum absolute atomic E-state index is 12.3. The lowest BCUT2D eigenvalue weighted by molar-refractivity contribution is -0.125. The summed E-state index contributed by atoms with van der Waals surface area (Å²) in [5, 5.41) is 3.11. The lowest BCUT2D eigenvalue weighted by atomic mass is 9.89. The van der Waals surface area contributed by atoms with E-state index in [1.165, 1.54) is 5.56 Å². The summed E-state index contributed by atoms with van der Waals surface area (Å²) in [6, 6.07) is 11.2. The molecule has 1 aromatic rings. The fourth-order valence-electron chi connectivity index (χ4n) is 3.93. The maximum atomic E-state index is 12.3. The first-order valence-electron chi connectivity index (χ1n) is 9.68. The molecule has 1 aromatic carbocycles. The number of carbonyl (C=O) groups is 1. The van der Waals surface area contributed by atoms with E-state index in [-0.39, 0.29) is 11.6 Å². The maximum Gasteiger partial charge on any atom is 0.317 e. The molecule has 2 saturated heterocycles. The molecule has 1 N–H and O–H groups in total. The molecule has 3 aliphatic rings. The van der Waals surface area contributed by atoms with E-state index in [1.54, 1.807) is 0 Å². The molecule has 0 bridgehead atoms. The molecule has 3 fully saturated rings. The Balaban J connectivity index is 1.26. The molecule has 2 aliphatic heterocycles. The van der Waals surface area contributed by atoms with E-state index in [1.807, 2.05) is 4.90 Å². The number of hydrogen-bond acceptors (Lipinski definition) is 3. The molecule has 25 heavy (non-hydrogen) atoms. The number of benzene rings is 1. The van der Waals surface area contributed by atoms with Crippen molar-refractivity contribution in [3.63, 3.8) is 0 Å². The minimum atomic E-state index is -0.123. The fraction of sp³-hybridized carbons (Fsp3) is 0.650. The third-order valence-corrected chi connectivity index (χ3v) is 5.77. The first-order valence-corrected chi connectivity index (χ1v) is 9.68. The quantitative estimate of drug-likeness (QED) is 0.912. The number of morpholine rings is 1. The molecule has 5 nitrogen and oxygen atoms in total. The summed E-state index contributed by atoms with van der Waals surface area (Å²) >= 11 is 0. The first-order chi connectivity index (χ1) is 12.2. The van der Waals surface area contributed by atoms with Gasteiger partial charge in [0, 0.05) is 32.2 Å². The number of nitrogens with one attached hydrogen (secondary N) is 1. The predicted octanol–water partition coefficient (Wildman–Crippen LogP) is 2.27. The van der Waals surface area contributed by atoms with Gasteiger partial charge in [-0.15, -0.1) is 0 Å². The topological polar surface area (TPSA) is 44.8 Å². The molecule has 0 aromatic heterocycles. The lowest BCUT2D eigenvalue weighted by Gasteiger charge is -2.47. The Kier molecular flexibility index (Phi) is 4.95. The number of urea groups is 1. The van der Waals surface area contributed by atoms with Gasteiger partial charge in [-0.3, -0.25) is 0 Å². The zero-order valence-electron chi connectivity index (χ0n) is 15.0. The summed E-state index contributed by atoms with van der Waals surface area (Å²) in [7, 11) is 0. The van der Waals surface area contributed by atoms with Gasteiger partial charge in [-0.2, -0.15) is 0 Å². The number of hydrogen-bond donors (Lipinski definition) is 1. The second-order valence-corrected chi connectivity index (χ2v) is 7.75. The van der Waals surface area contributed by atoms with Crippen molar-refractivity contribution in [1.29, 1.82) is 0 Å². The fourth-order valence-corrected chi connectivity index (χ4v) is 3.93. The van der Waals surface area contributed by atoms with Gasteiger partial charge < -0.3 is 19.9 Å². The summed E-state index contributed by atoms with van der Waals surface area (Å²) in [4.78, 5) is 16.9.